The summed E-state index contributed by atoms with van der Waals surface area (Å²) in [5, 5.41) is 0. The molecule has 0 fully saturated rings. The van der Waals surface area contributed by atoms with Crippen molar-refractivity contribution in [3.05, 3.63) is 12.3 Å². The lowest BCUT2D eigenvalue weighted by Gasteiger charge is -2.22. The van der Waals surface area contributed by atoms with E-state index >= 15 is 0 Å². The Labute approximate surface area is 109 Å². The highest BCUT2D eigenvalue weighted by Crippen LogP contribution is 2.11. The smallest absolute Gasteiger partial charge is 0.361 e. The zero-order valence-corrected chi connectivity index (χ0v) is 13.0. The molecule has 0 N–H and O–H groups in total. The molecule has 2 nitrogen and oxygen atoms in total. The van der Waals surface area contributed by atoms with Crippen LogP contribution in [0.1, 0.15) is 58.8 Å². The van der Waals surface area contributed by atoms with Crippen LogP contribution < -0.4 is 0 Å². The predicted octanol–water partition coefficient (Wildman–Crippen LogP) is 4.59. The van der Waals surface area contributed by atoms with Crippen LogP contribution in [0.3, 0.4) is 0 Å². The first-order chi connectivity index (χ1) is 8.18. The zero-order chi connectivity index (χ0) is 13.0. The van der Waals surface area contributed by atoms with Crippen LogP contribution in [0.5, 0.6) is 0 Å². The van der Waals surface area contributed by atoms with Gasteiger partial charge in [-0.3, -0.25) is 0 Å². The van der Waals surface area contributed by atoms with Crippen LogP contribution in [-0.2, 0) is 8.85 Å². The van der Waals surface area contributed by atoms with Crippen molar-refractivity contribution in [2.45, 2.75) is 65.3 Å². The first kappa shape index (κ1) is 16.9. The van der Waals surface area contributed by atoms with Gasteiger partial charge in [-0.1, -0.05) is 45.4 Å². The van der Waals surface area contributed by atoms with Gasteiger partial charge in [-0.2, -0.15) is 0 Å². The highest BCUT2D eigenvalue weighted by molar-refractivity contribution is 6.71. The predicted molar refractivity (Wildman–Crippen MR) is 77.4 cm³/mol. The molecule has 0 aliphatic rings. The fourth-order valence-corrected chi connectivity index (χ4v) is 3.22. The third-order valence-corrected chi connectivity index (χ3v) is 5.32. The summed E-state index contributed by atoms with van der Waals surface area (Å²) in [4.78, 5) is 0. The van der Waals surface area contributed by atoms with Crippen LogP contribution >= 0.6 is 0 Å². The molecule has 17 heavy (non-hydrogen) atoms. The zero-order valence-electron chi connectivity index (χ0n) is 12.0. The second-order valence-electron chi connectivity index (χ2n) is 4.62. The van der Waals surface area contributed by atoms with Crippen LogP contribution in [0, 0.1) is 0 Å². The van der Waals surface area contributed by atoms with E-state index in [-0.39, 0.29) is 0 Å². The molecule has 0 heterocycles. The molecule has 0 spiro atoms. The molecule has 102 valence electrons. The quantitative estimate of drug-likeness (QED) is 0.376. The number of hydrogen-bond acceptors (Lipinski definition) is 2. The largest absolute Gasteiger partial charge is 0.392 e. The van der Waals surface area contributed by atoms with Gasteiger partial charge in [0.25, 0.3) is 0 Å². The maximum atomic E-state index is 5.85. The SMILES string of the molecule is C=C[Si](C)(OCC)OCCCCCCCCC. The summed E-state index contributed by atoms with van der Waals surface area (Å²) < 4.78 is 11.5. The van der Waals surface area contributed by atoms with E-state index in [4.69, 9.17) is 8.85 Å². The van der Waals surface area contributed by atoms with Crippen molar-refractivity contribution in [3.8, 4) is 0 Å². The van der Waals surface area contributed by atoms with Crippen molar-refractivity contribution in [2.24, 2.45) is 0 Å². The third kappa shape index (κ3) is 9.57. The number of hydrogen-bond donors (Lipinski definition) is 0. The first-order valence-corrected chi connectivity index (χ1v) is 9.49. The lowest BCUT2D eigenvalue weighted by atomic mass is 10.1. The van der Waals surface area contributed by atoms with Crippen LogP contribution in [0.15, 0.2) is 12.3 Å². The Balaban J connectivity index is 3.40. The van der Waals surface area contributed by atoms with E-state index in [1.165, 1.54) is 38.5 Å². The van der Waals surface area contributed by atoms with E-state index in [0.29, 0.717) is 6.61 Å². The van der Waals surface area contributed by atoms with Crippen molar-refractivity contribution in [1.82, 2.24) is 0 Å². The molecular weight excluding hydrogens is 228 g/mol. The lowest BCUT2D eigenvalue weighted by molar-refractivity contribution is 0.188. The molecule has 0 aliphatic carbocycles. The lowest BCUT2D eigenvalue weighted by Crippen LogP contribution is -2.36. The van der Waals surface area contributed by atoms with Crippen LogP contribution in [0.2, 0.25) is 6.55 Å². The second-order valence-corrected chi connectivity index (χ2v) is 7.64. The van der Waals surface area contributed by atoms with E-state index in [1.807, 2.05) is 12.6 Å². The summed E-state index contributed by atoms with van der Waals surface area (Å²) in [6.45, 7) is 11.7. The third-order valence-electron chi connectivity index (χ3n) is 2.94. The van der Waals surface area contributed by atoms with Gasteiger partial charge < -0.3 is 8.85 Å². The summed E-state index contributed by atoms with van der Waals surface area (Å²) in [5.41, 5.74) is 1.87. The van der Waals surface area contributed by atoms with Gasteiger partial charge in [0.2, 0.25) is 0 Å². The Bertz CT molecular complexity index is 185. The van der Waals surface area contributed by atoms with Gasteiger partial charge in [0.1, 0.15) is 0 Å². The molecule has 3 heteroatoms. The molecule has 0 aromatic rings. The first-order valence-electron chi connectivity index (χ1n) is 7.10. The van der Waals surface area contributed by atoms with Gasteiger partial charge in [-0.25, -0.2) is 0 Å². The van der Waals surface area contributed by atoms with Crippen molar-refractivity contribution in [1.29, 1.82) is 0 Å². The molecule has 0 aliphatic heterocycles. The molecule has 1 atom stereocenters. The molecule has 0 saturated carbocycles. The maximum Gasteiger partial charge on any atom is 0.361 e. The highest BCUT2D eigenvalue weighted by atomic mass is 28.4. The van der Waals surface area contributed by atoms with Gasteiger partial charge >= 0.3 is 8.56 Å². The molecular formula is C14H30O2Si. The molecule has 0 rings (SSSR count). The minimum absolute atomic E-state index is 0.714. The highest BCUT2D eigenvalue weighted by Gasteiger charge is 2.26. The summed E-state index contributed by atoms with van der Waals surface area (Å²) in [6.07, 6.45) is 9.21. The molecule has 0 saturated heterocycles. The molecule has 1 unspecified atom stereocenters. The normalized spacial score (nSPS) is 14.5. The van der Waals surface area contributed by atoms with E-state index in [1.54, 1.807) is 0 Å². The van der Waals surface area contributed by atoms with Gasteiger partial charge in [-0.05, 0) is 25.6 Å². The van der Waals surface area contributed by atoms with Crippen molar-refractivity contribution >= 4 is 8.56 Å². The topological polar surface area (TPSA) is 18.5 Å². The Morgan fingerprint density at radius 1 is 0.941 bits per heavy atom. The van der Waals surface area contributed by atoms with Crippen LogP contribution in [-0.4, -0.2) is 21.8 Å². The summed E-state index contributed by atoms with van der Waals surface area (Å²) in [7, 11) is -2.04. The van der Waals surface area contributed by atoms with E-state index in [2.05, 4.69) is 20.0 Å². The van der Waals surface area contributed by atoms with Gasteiger partial charge in [0.05, 0.1) is 0 Å². The number of rotatable bonds is 12. The van der Waals surface area contributed by atoms with Crippen LogP contribution in [0.4, 0.5) is 0 Å². The Hall–Kier alpha value is -0.123. The van der Waals surface area contributed by atoms with Gasteiger partial charge in [0, 0.05) is 13.2 Å². The summed E-state index contributed by atoms with van der Waals surface area (Å²) in [6, 6.07) is 0. The fraction of sp³-hybridized carbons (Fsp3) is 0.857. The summed E-state index contributed by atoms with van der Waals surface area (Å²) in [5.74, 6) is 0. The standard InChI is InChI=1S/C14H30O2Si/c1-5-8-9-10-11-12-13-14-16-17(4,7-3)15-6-2/h7H,3,5-6,8-14H2,1-2,4H3. The molecule has 0 bridgehead atoms. The van der Waals surface area contributed by atoms with Crippen molar-refractivity contribution < 1.29 is 8.85 Å². The molecule has 0 radical (unpaired) electrons. The van der Waals surface area contributed by atoms with Crippen LogP contribution in [0.25, 0.3) is 0 Å². The minimum Gasteiger partial charge on any atom is -0.392 e. The monoisotopic (exact) mass is 258 g/mol. The Morgan fingerprint density at radius 2 is 1.53 bits per heavy atom. The molecule has 0 aromatic carbocycles. The Kier molecular flexibility index (Phi) is 10.9. The Morgan fingerprint density at radius 3 is 2.06 bits per heavy atom. The number of unbranched alkanes of at least 4 members (excludes halogenated alkanes) is 6. The van der Waals surface area contributed by atoms with E-state index < -0.39 is 8.56 Å². The fourth-order valence-electron chi connectivity index (χ4n) is 1.78. The van der Waals surface area contributed by atoms with Gasteiger partial charge in [-0.15, -0.1) is 6.58 Å². The maximum absolute atomic E-state index is 5.85. The average molecular weight is 258 g/mol. The summed E-state index contributed by atoms with van der Waals surface area (Å²) >= 11 is 0. The second kappa shape index (κ2) is 11.0. The van der Waals surface area contributed by atoms with Gasteiger partial charge in [0.15, 0.2) is 0 Å². The average Bonchev–Trinajstić information content (AvgIpc) is 2.33. The van der Waals surface area contributed by atoms with Crippen molar-refractivity contribution in [3.63, 3.8) is 0 Å². The van der Waals surface area contributed by atoms with E-state index in [0.717, 1.165) is 13.0 Å². The molecule has 0 amide bonds. The van der Waals surface area contributed by atoms with E-state index in [9.17, 15) is 0 Å². The molecule has 0 aromatic heterocycles. The minimum atomic E-state index is -2.04. The van der Waals surface area contributed by atoms with Crippen molar-refractivity contribution in [2.75, 3.05) is 13.2 Å².